The number of anilines is 1. The van der Waals surface area contributed by atoms with E-state index < -0.39 is 5.91 Å². The topological polar surface area (TPSA) is 136 Å². The molecule has 2 aromatic heterocycles. The first kappa shape index (κ1) is 23.9. The molecule has 1 aromatic carbocycles. The van der Waals surface area contributed by atoms with Crippen molar-refractivity contribution in [3.8, 4) is 11.3 Å². The Hall–Kier alpha value is -3.75. The highest BCUT2D eigenvalue weighted by molar-refractivity contribution is 6.02. The highest BCUT2D eigenvalue weighted by Gasteiger charge is 2.24. The highest BCUT2D eigenvalue weighted by Crippen LogP contribution is 2.25. The average molecular weight is 451 g/mol. The number of aryl methyl sites for hydroxylation is 2. The van der Waals surface area contributed by atoms with Gasteiger partial charge in [0.15, 0.2) is 0 Å². The molecule has 0 bridgehead atoms. The largest absolute Gasteiger partial charge is 0.364 e. The minimum atomic E-state index is -0.571. The van der Waals surface area contributed by atoms with Crippen LogP contribution < -0.4 is 11.1 Å². The van der Waals surface area contributed by atoms with E-state index in [1.807, 2.05) is 32.0 Å². The third-order valence-electron chi connectivity index (χ3n) is 5.65. The fraction of sp³-hybridized carbons (Fsp3) is 0.375. The Labute approximate surface area is 192 Å². The molecule has 174 valence electrons. The molecule has 1 fully saturated rings. The van der Waals surface area contributed by atoms with Crippen LogP contribution in [0.15, 0.2) is 36.5 Å². The first-order valence-electron chi connectivity index (χ1n) is 11.2. The highest BCUT2D eigenvalue weighted by atomic mass is 16.2. The SMILES string of the molecule is CCn1ncc(NC(=O)C2CCCCC2)c1C(N)=O.Cc1cc(-c2ccc(C=O)cc2)n[nH]1. The molecule has 33 heavy (non-hydrogen) atoms. The summed E-state index contributed by atoms with van der Waals surface area (Å²) in [5.41, 5.74) is 9.66. The van der Waals surface area contributed by atoms with Crippen LogP contribution in [0.1, 0.15) is 65.6 Å². The number of primary amides is 1. The second-order valence-corrected chi connectivity index (χ2v) is 8.09. The number of rotatable bonds is 6. The van der Waals surface area contributed by atoms with Crippen molar-refractivity contribution < 1.29 is 14.4 Å². The molecule has 1 aliphatic carbocycles. The van der Waals surface area contributed by atoms with Crippen LogP contribution >= 0.6 is 0 Å². The van der Waals surface area contributed by atoms with Gasteiger partial charge in [0.1, 0.15) is 12.0 Å². The number of nitrogens with zero attached hydrogens (tertiary/aromatic N) is 3. The van der Waals surface area contributed by atoms with Crippen molar-refractivity contribution in [2.24, 2.45) is 11.7 Å². The molecule has 0 radical (unpaired) electrons. The molecule has 0 saturated heterocycles. The smallest absolute Gasteiger partial charge is 0.269 e. The van der Waals surface area contributed by atoms with Crippen molar-refractivity contribution >= 4 is 23.8 Å². The van der Waals surface area contributed by atoms with E-state index in [0.717, 1.165) is 48.9 Å². The molecule has 4 rings (SSSR count). The summed E-state index contributed by atoms with van der Waals surface area (Å²) in [6, 6.07) is 9.31. The third kappa shape index (κ3) is 6.15. The quantitative estimate of drug-likeness (QED) is 0.492. The number of amides is 2. The Balaban J connectivity index is 0.000000194. The van der Waals surface area contributed by atoms with Crippen LogP contribution in [0, 0.1) is 12.8 Å². The molecule has 0 aliphatic heterocycles. The first-order valence-corrected chi connectivity index (χ1v) is 11.2. The Bertz CT molecular complexity index is 1090. The summed E-state index contributed by atoms with van der Waals surface area (Å²) in [7, 11) is 0. The van der Waals surface area contributed by atoms with Crippen molar-refractivity contribution in [2.75, 3.05) is 5.32 Å². The Morgan fingerprint density at radius 2 is 1.91 bits per heavy atom. The zero-order valence-electron chi connectivity index (χ0n) is 19.0. The molecule has 2 heterocycles. The van der Waals surface area contributed by atoms with Gasteiger partial charge in [-0.25, -0.2) is 0 Å². The van der Waals surface area contributed by atoms with Gasteiger partial charge in [-0.1, -0.05) is 43.5 Å². The predicted octanol–water partition coefficient (Wildman–Crippen LogP) is 3.72. The first-order chi connectivity index (χ1) is 15.9. The lowest BCUT2D eigenvalue weighted by molar-refractivity contribution is -0.120. The lowest BCUT2D eigenvalue weighted by Crippen LogP contribution is -2.26. The number of nitrogens with one attached hydrogen (secondary N) is 2. The van der Waals surface area contributed by atoms with Crippen LogP contribution in [0.5, 0.6) is 0 Å². The summed E-state index contributed by atoms with van der Waals surface area (Å²) in [5.74, 6) is -0.560. The third-order valence-corrected chi connectivity index (χ3v) is 5.65. The van der Waals surface area contributed by atoms with E-state index in [1.54, 1.807) is 12.1 Å². The van der Waals surface area contributed by atoms with E-state index in [4.69, 9.17) is 5.73 Å². The molecule has 0 atom stereocenters. The van der Waals surface area contributed by atoms with Gasteiger partial charge in [-0.3, -0.25) is 24.2 Å². The lowest BCUT2D eigenvalue weighted by Gasteiger charge is -2.20. The summed E-state index contributed by atoms with van der Waals surface area (Å²) in [6.45, 7) is 4.36. The number of carbonyl (C=O) groups is 3. The van der Waals surface area contributed by atoms with E-state index in [1.165, 1.54) is 17.3 Å². The Kier molecular flexibility index (Phi) is 8.12. The number of carbonyl (C=O) groups excluding carboxylic acids is 3. The molecule has 3 aromatic rings. The summed E-state index contributed by atoms with van der Waals surface area (Å²) < 4.78 is 1.50. The maximum absolute atomic E-state index is 12.1. The van der Waals surface area contributed by atoms with Gasteiger partial charge in [0.25, 0.3) is 5.91 Å². The lowest BCUT2D eigenvalue weighted by atomic mass is 9.88. The normalized spacial score (nSPS) is 13.6. The van der Waals surface area contributed by atoms with Gasteiger partial charge < -0.3 is 11.1 Å². The Morgan fingerprint density at radius 1 is 1.21 bits per heavy atom. The molecule has 2 amide bonds. The van der Waals surface area contributed by atoms with Crippen molar-refractivity contribution in [2.45, 2.75) is 52.5 Å². The number of aromatic amines is 1. The van der Waals surface area contributed by atoms with Gasteiger partial charge in [-0.2, -0.15) is 10.2 Å². The van der Waals surface area contributed by atoms with Crippen molar-refractivity contribution in [1.82, 2.24) is 20.0 Å². The van der Waals surface area contributed by atoms with Crippen LogP contribution in [-0.4, -0.2) is 38.1 Å². The van der Waals surface area contributed by atoms with E-state index in [9.17, 15) is 14.4 Å². The number of benzene rings is 1. The predicted molar refractivity (Wildman–Crippen MR) is 126 cm³/mol. The fourth-order valence-corrected chi connectivity index (χ4v) is 3.87. The molecule has 1 saturated carbocycles. The van der Waals surface area contributed by atoms with E-state index in [2.05, 4.69) is 20.6 Å². The zero-order chi connectivity index (χ0) is 23.8. The van der Waals surface area contributed by atoms with Crippen molar-refractivity contribution in [1.29, 1.82) is 0 Å². The van der Waals surface area contributed by atoms with Crippen LogP contribution in [0.25, 0.3) is 11.3 Å². The molecular formula is C24H30N6O3. The standard InChI is InChI=1S/C13H20N4O2.C11H10N2O/c1-2-17-11(12(14)18)10(8-15-17)16-13(19)9-6-4-3-5-7-9;1-8-6-11(13-12-8)10-4-2-9(7-14)3-5-10/h8-9H,2-7H2,1H3,(H2,14,18)(H,16,19);2-7H,1H3,(H,12,13). The van der Waals surface area contributed by atoms with Gasteiger partial charge in [0.05, 0.1) is 17.6 Å². The minimum absolute atomic E-state index is 0.0298. The van der Waals surface area contributed by atoms with E-state index >= 15 is 0 Å². The van der Waals surface area contributed by atoms with E-state index in [-0.39, 0.29) is 17.5 Å². The minimum Gasteiger partial charge on any atom is -0.364 e. The second-order valence-electron chi connectivity index (χ2n) is 8.09. The number of nitrogens with two attached hydrogens (primary N) is 1. The molecule has 4 N–H and O–H groups in total. The second kappa shape index (κ2) is 11.2. The van der Waals surface area contributed by atoms with Crippen LogP contribution in [0.4, 0.5) is 5.69 Å². The molecule has 9 heteroatoms. The van der Waals surface area contributed by atoms with Crippen molar-refractivity contribution in [3.63, 3.8) is 0 Å². The monoisotopic (exact) mass is 450 g/mol. The van der Waals surface area contributed by atoms with Crippen LogP contribution in [0.2, 0.25) is 0 Å². The van der Waals surface area contributed by atoms with Gasteiger partial charge in [0, 0.05) is 29.3 Å². The summed E-state index contributed by atoms with van der Waals surface area (Å²) in [4.78, 5) is 34.0. The van der Waals surface area contributed by atoms with Crippen LogP contribution in [0.3, 0.4) is 0 Å². The maximum Gasteiger partial charge on any atom is 0.269 e. The van der Waals surface area contributed by atoms with Crippen LogP contribution in [-0.2, 0) is 11.3 Å². The number of aromatic nitrogens is 4. The number of hydrogen-bond donors (Lipinski definition) is 3. The van der Waals surface area contributed by atoms with Gasteiger partial charge in [-0.05, 0) is 32.8 Å². The fourth-order valence-electron chi connectivity index (χ4n) is 3.87. The number of aldehydes is 1. The Morgan fingerprint density at radius 3 is 2.45 bits per heavy atom. The molecule has 0 unspecified atom stereocenters. The number of H-pyrrole nitrogens is 1. The van der Waals surface area contributed by atoms with Gasteiger partial charge in [-0.15, -0.1) is 0 Å². The van der Waals surface area contributed by atoms with Gasteiger partial charge in [0.2, 0.25) is 5.91 Å². The average Bonchev–Trinajstić information content (AvgIpc) is 3.46. The van der Waals surface area contributed by atoms with Crippen molar-refractivity contribution in [3.05, 3.63) is 53.5 Å². The molecule has 0 spiro atoms. The van der Waals surface area contributed by atoms with E-state index in [0.29, 0.717) is 17.8 Å². The van der Waals surface area contributed by atoms with Gasteiger partial charge >= 0.3 is 0 Å². The summed E-state index contributed by atoms with van der Waals surface area (Å²) in [6.07, 6.45) is 7.54. The summed E-state index contributed by atoms with van der Waals surface area (Å²) in [5, 5.41) is 13.9. The molecule has 9 nitrogen and oxygen atoms in total. The molecule has 1 aliphatic rings. The number of hydrogen-bond acceptors (Lipinski definition) is 5. The zero-order valence-corrected chi connectivity index (χ0v) is 19.0. The maximum atomic E-state index is 12.1. The molecular weight excluding hydrogens is 420 g/mol. The summed E-state index contributed by atoms with van der Waals surface area (Å²) >= 11 is 0.